The zero-order valence-electron chi connectivity index (χ0n) is 18.9. The number of hydrogen-bond acceptors (Lipinski definition) is 5. The van der Waals surface area contributed by atoms with E-state index in [1.54, 1.807) is 23.1 Å². The van der Waals surface area contributed by atoms with Gasteiger partial charge >= 0.3 is 6.03 Å². The molecule has 1 aromatic rings. The van der Waals surface area contributed by atoms with Crippen molar-refractivity contribution in [3.05, 3.63) is 23.8 Å². The molecular formula is C23H32N4O5. The predicted octanol–water partition coefficient (Wildman–Crippen LogP) is 2.01. The van der Waals surface area contributed by atoms with Gasteiger partial charge in [-0.05, 0) is 70.6 Å². The van der Waals surface area contributed by atoms with Crippen molar-refractivity contribution in [2.75, 3.05) is 19.9 Å². The van der Waals surface area contributed by atoms with Gasteiger partial charge in [-0.25, -0.2) is 4.79 Å². The molecule has 0 aromatic heterocycles. The lowest BCUT2D eigenvalue weighted by atomic mass is 9.88. The van der Waals surface area contributed by atoms with E-state index in [2.05, 4.69) is 16.0 Å². The van der Waals surface area contributed by atoms with E-state index in [0.717, 1.165) is 12.8 Å². The van der Waals surface area contributed by atoms with Crippen molar-refractivity contribution in [1.29, 1.82) is 0 Å². The number of piperidine rings is 1. The number of carbonyl (C=O) groups is 3. The first kappa shape index (κ1) is 22.2. The second-order valence-electron chi connectivity index (χ2n) is 9.81. The van der Waals surface area contributed by atoms with Gasteiger partial charge in [0, 0.05) is 30.2 Å². The van der Waals surface area contributed by atoms with Crippen LogP contribution in [0.2, 0.25) is 0 Å². The summed E-state index contributed by atoms with van der Waals surface area (Å²) in [6, 6.07) is 4.44. The topological polar surface area (TPSA) is 109 Å². The minimum Gasteiger partial charge on any atom is -0.454 e. The molecule has 2 fully saturated rings. The lowest BCUT2D eigenvalue weighted by Crippen LogP contribution is -2.56. The van der Waals surface area contributed by atoms with Gasteiger partial charge in [0.05, 0.1) is 0 Å². The molecule has 0 spiro atoms. The van der Waals surface area contributed by atoms with Crippen LogP contribution in [0.4, 0.5) is 4.79 Å². The van der Waals surface area contributed by atoms with E-state index in [4.69, 9.17) is 9.47 Å². The highest BCUT2D eigenvalue weighted by Crippen LogP contribution is 2.32. The molecule has 2 heterocycles. The quantitative estimate of drug-likeness (QED) is 0.644. The van der Waals surface area contributed by atoms with Crippen LogP contribution in [0.25, 0.3) is 0 Å². The summed E-state index contributed by atoms with van der Waals surface area (Å²) in [4.78, 5) is 40.2. The van der Waals surface area contributed by atoms with Crippen molar-refractivity contribution in [1.82, 2.24) is 20.9 Å². The highest BCUT2D eigenvalue weighted by molar-refractivity contribution is 5.98. The van der Waals surface area contributed by atoms with Gasteiger partial charge < -0.3 is 30.3 Å². The smallest absolute Gasteiger partial charge is 0.317 e. The van der Waals surface area contributed by atoms with Crippen molar-refractivity contribution < 1.29 is 23.9 Å². The van der Waals surface area contributed by atoms with Crippen LogP contribution in [0.15, 0.2) is 18.2 Å². The van der Waals surface area contributed by atoms with Crippen molar-refractivity contribution in [2.24, 2.45) is 5.92 Å². The minimum atomic E-state index is -0.652. The van der Waals surface area contributed by atoms with Crippen LogP contribution in [-0.4, -0.2) is 60.3 Å². The third kappa shape index (κ3) is 5.44. The average molecular weight is 445 g/mol. The number of nitrogens with zero attached hydrogens (tertiary/aromatic N) is 1. The van der Waals surface area contributed by atoms with E-state index < -0.39 is 6.04 Å². The Morgan fingerprint density at radius 3 is 2.38 bits per heavy atom. The molecule has 1 atom stereocenters. The Morgan fingerprint density at radius 2 is 1.72 bits per heavy atom. The lowest BCUT2D eigenvalue weighted by molar-refractivity contribution is -0.124. The zero-order valence-corrected chi connectivity index (χ0v) is 18.9. The summed E-state index contributed by atoms with van der Waals surface area (Å²) < 4.78 is 10.7. The van der Waals surface area contributed by atoms with Crippen LogP contribution in [0.5, 0.6) is 11.5 Å². The molecule has 4 rings (SSSR count). The summed E-state index contributed by atoms with van der Waals surface area (Å²) in [6.07, 6.45) is 3.23. The van der Waals surface area contributed by atoms with Gasteiger partial charge in [0.25, 0.3) is 5.91 Å². The first-order valence-corrected chi connectivity index (χ1v) is 11.3. The number of benzene rings is 1. The fourth-order valence-electron chi connectivity index (χ4n) is 4.01. The third-order valence-corrected chi connectivity index (χ3v) is 5.91. The highest BCUT2D eigenvalue weighted by atomic mass is 16.7. The maximum atomic E-state index is 13.0. The number of urea groups is 1. The summed E-state index contributed by atoms with van der Waals surface area (Å²) in [5, 5.41) is 8.95. The Bertz CT molecular complexity index is 885. The molecule has 3 N–H and O–H groups in total. The first-order valence-electron chi connectivity index (χ1n) is 11.3. The van der Waals surface area contributed by atoms with Crippen molar-refractivity contribution in [2.45, 2.75) is 64.1 Å². The van der Waals surface area contributed by atoms with Gasteiger partial charge in [-0.1, -0.05) is 0 Å². The number of ether oxygens (including phenoxy) is 2. The van der Waals surface area contributed by atoms with Crippen LogP contribution in [-0.2, 0) is 4.79 Å². The number of amides is 4. The first-order chi connectivity index (χ1) is 15.2. The minimum absolute atomic E-state index is 0.0506. The van der Waals surface area contributed by atoms with Gasteiger partial charge in [0.2, 0.25) is 12.7 Å². The van der Waals surface area contributed by atoms with Crippen molar-refractivity contribution in [3.63, 3.8) is 0 Å². The van der Waals surface area contributed by atoms with Gasteiger partial charge in [-0.3, -0.25) is 9.59 Å². The monoisotopic (exact) mass is 444 g/mol. The number of hydrogen-bond donors (Lipinski definition) is 3. The molecule has 1 saturated carbocycles. The molecule has 9 heteroatoms. The molecular weight excluding hydrogens is 412 g/mol. The fourth-order valence-corrected chi connectivity index (χ4v) is 4.01. The fraction of sp³-hybridized carbons (Fsp3) is 0.609. The molecule has 174 valence electrons. The summed E-state index contributed by atoms with van der Waals surface area (Å²) in [6.45, 7) is 7.05. The molecule has 4 amide bonds. The van der Waals surface area contributed by atoms with Gasteiger partial charge in [-0.2, -0.15) is 0 Å². The van der Waals surface area contributed by atoms with Gasteiger partial charge in [0.1, 0.15) is 6.04 Å². The van der Waals surface area contributed by atoms with Gasteiger partial charge in [0.15, 0.2) is 11.5 Å². The van der Waals surface area contributed by atoms with E-state index in [1.165, 1.54) is 0 Å². The van der Waals surface area contributed by atoms with Crippen molar-refractivity contribution in [3.8, 4) is 11.5 Å². The van der Waals surface area contributed by atoms with Gasteiger partial charge in [-0.15, -0.1) is 0 Å². The Balaban J connectivity index is 1.41. The summed E-state index contributed by atoms with van der Waals surface area (Å²) in [5.74, 6) is 0.594. The second kappa shape index (κ2) is 8.88. The standard InChI is InChI=1S/C23H32N4O5/c1-23(2,3)26-22(30)27-10-8-14(9-11-27)19(21(29)24-16-5-6-16)25-20(28)15-4-7-17-18(12-15)32-13-31-17/h4,7,12,14,16,19H,5-6,8-11,13H2,1-3H3,(H,24,29)(H,25,28)(H,26,30). The zero-order chi connectivity index (χ0) is 22.9. The molecule has 9 nitrogen and oxygen atoms in total. The van der Waals surface area contributed by atoms with E-state index in [1.807, 2.05) is 20.8 Å². The molecule has 0 radical (unpaired) electrons. The van der Waals surface area contributed by atoms with E-state index in [0.29, 0.717) is 43.0 Å². The van der Waals surface area contributed by atoms with E-state index in [9.17, 15) is 14.4 Å². The van der Waals surface area contributed by atoms with Crippen LogP contribution in [0, 0.1) is 5.92 Å². The summed E-state index contributed by atoms with van der Waals surface area (Å²) in [5.41, 5.74) is 0.111. The average Bonchev–Trinajstić information content (AvgIpc) is 3.43. The number of carbonyl (C=O) groups excluding carboxylic acids is 3. The Labute approximate surface area is 188 Å². The second-order valence-corrected chi connectivity index (χ2v) is 9.81. The summed E-state index contributed by atoms with van der Waals surface area (Å²) >= 11 is 0. The molecule has 1 saturated heterocycles. The summed E-state index contributed by atoms with van der Waals surface area (Å²) in [7, 11) is 0. The highest BCUT2D eigenvalue weighted by Gasteiger charge is 2.36. The maximum absolute atomic E-state index is 13.0. The van der Waals surface area contributed by atoms with E-state index >= 15 is 0 Å². The number of fused-ring (bicyclic) bond motifs is 1. The number of rotatable bonds is 5. The predicted molar refractivity (Wildman–Crippen MR) is 118 cm³/mol. The largest absolute Gasteiger partial charge is 0.454 e. The van der Waals surface area contributed by atoms with Crippen LogP contribution >= 0.6 is 0 Å². The van der Waals surface area contributed by atoms with Crippen LogP contribution in [0.3, 0.4) is 0 Å². The Kier molecular flexibility index (Phi) is 6.17. The molecule has 1 aromatic carbocycles. The molecule has 3 aliphatic rings. The number of nitrogens with one attached hydrogen (secondary N) is 3. The molecule has 2 aliphatic heterocycles. The lowest BCUT2D eigenvalue weighted by Gasteiger charge is -2.37. The molecule has 32 heavy (non-hydrogen) atoms. The van der Waals surface area contributed by atoms with Crippen LogP contribution in [0.1, 0.15) is 56.8 Å². The SMILES string of the molecule is CC(C)(C)NC(=O)N1CCC(C(NC(=O)c2ccc3c(c2)OCO3)C(=O)NC2CC2)CC1. The molecule has 1 unspecified atom stereocenters. The van der Waals surface area contributed by atoms with E-state index in [-0.39, 0.29) is 42.1 Å². The number of likely N-dealkylation sites (tertiary alicyclic amines) is 1. The third-order valence-electron chi connectivity index (χ3n) is 5.91. The Hall–Kier alpha value is -2.97. The Morgan fingerprint density at radius 1 is 1.03 bits per heavy atom. The van der Waals surface area contributed by atoms with Crippen molar-refractivity contribution >= 4 is 17.8 Å². The normalized spacial score (nSPS) is 19.3. The maximum Gasteiger partial charge on any atom is 0.317 e. The van der Waals surface area contributed by atoms with Crippen LogP contribution < -0.4 is 25.4 Å². The molecule has 1 aliphatic carbocycles. The molecule has 0 bridgehead atoms.